The van der Waals surface area contributed by atoms with Crippen molar-refractivity contribution in [3.8, 4) is 11.1 Å². The summed E-state index contributed by atoms with van der Waals surface area (Å²) in [4.78, 5) is 18.0. The molecule has 0 bridgehead atoms. The molecule has 1 unspecified atom stereocenters. The Hall–Kier alpha value is -2.97. The second-order valence-electron chi connectivity index (χ2n) is 7.50. The van der Waals surface area contributed by atoms with Gasteiger partial charge < -0.3 is 14.8 Å². The van der Waals surface area contributed by atoms with Gasteiger partial charge in [-0.3, -0.25) is 9.48 Å². The summed E-state index contributed by atoms with van der Waals surface area (Å²) in [6, 6.07) is 5.94. The second-order valence-corrected chi connectivity index (χ2v) is 7.50. The predicted octanol–water partition coefficient (Wildman–Crippen LogP) is 2.95. The number of aliphatic imine (C=N–C) groups is 1. The first-order valence-electron chi connectivity index (χ1n) is 10.2. The molecule has 0 saturated carbocycles. The molecule has 2 atom stereocenters. The van der Waals surface area contributed by atoms with E-state index < -0.39 is 0 Å². The smallest absolute Gasteiger partial charge is 0.275 e. The third kappa shape index (κ3) is 4.86. The van der Waals surface area contributed by atoms with Gasteiger partial charge in [0, 0.05) is 20.3 Å². The molecule has 1 aromatic carbocycles. The van der Waals surface area contributed by atoms with Gasteiger partial charge in [0.1, 0.15) is 11.6 Å². The topological polar surface area (TPSA) is 69.8 Å². The molecule has 1 N–H and O–H groups in total. The summed E-state index contributed by atoms with van der Waals surface area (Å²) >= 11 is 0. The number of rotatable bonds is 9. The summed E-state index contributed by atoms with van der Waals surface area (Å²) in [5, 5.41) is 3.19. The minimum atomic E-state index is -0.358. The third-order valence-electron chi connectivity index (χ3n) is 5.11. The van der Waals surface area contributed by atoms with Gasteiger partial charge in [0.25, 0.3) is 5.56 Å². The van der Waals surface area contributed by atoms with Gasteiger partial charge in [-0.15, -0.1) is 0 Å². The number of aromatic nitrogens is 2. The van der Waals surface area contributed by atoms with Crippen molar-refractivity contribution in [2.75, 3.05) is 20.8 Å². The average Bonchev–Trinajstić information content (AvgIpc) is 3.26. The number of allylic oxidation sites excluding steroid dienone is 2. The summed E-state index contributed by atoms with van der Waals surface area (Å²) in [5.41, 5.74) is 2.18. The van der Waals surface area contributed by atoms with Crippen LogP contribution < -0.4 is 10.9 Å². The maximum absolute atomic E-state index is 13.5. The van der Waals surface area contributed by atoms with Crippen LogP contribution in [0.5, 0.6) is 0 Å². The highest BCUT2D eigenvalue weighted by molar-refractivity contribution is 6.12. The van der Waals surface area contributed by atoms with Gasteiger partial charge in [-0.25, -0.2) is 14.1 Å². The van der Waals surface area contributed by atoms with E-state index in [9.17, 15) is 9.18 Å². The van der Waals surface area contributed by atoms with Crippen LogP contribution in [-0.4, -0.2) is 48.0 Å². The van der Waals surface area contributed by atoms with Gasteiger partial charge in [-0.2, -0.15) is 0 Å². The third-order valence-corrected chi connectivity index (χ3v) is 5.11. The number of nitrogens with one attached hydrogen (secondary N) is 1. The number of nitrogens with zero attached hydrogens (tertiary/aromatic N) is 3. The lowest BCUT2D eigenvalue weighted by Crippen LogP contribution is -2.29. The van der Waals surface area contributed by atoms with Crippen molar-refractivity contribution in [1.82, 2.24) is 14.7 Å². The van der Waals surface area contributed by atoms with Gasteiger partial charge in [0.05, 0.1) is 42.8 Å². The molecule has 8 heteroatoms. The molecule has 31 heavy (non-hydrogen) atoms. The van der Waals surface area contributed by atoms with Crippen molar-refractivity contribution in [2.45, 2.75) is 39.1 Å². The Kier molecular flexibility index (Phi) is 7.25. The van der Waals surface area contributed by atoms with Gasteiger partial charge >= 0.3 is 0 Å². The molecule has 0 radical (unpaired) electrons. The minimum absolute atomic E-state index is 0.0185. The number of hydrogen-bond donors (Lipinski definition) is 1. The fraction of sp³-hybridized carbons (Fsp3) is 0.391. The fourth-order valence-corrected chi connectivity index (χ4v) is 3.77. The average molecular weight is 429 g/mol. The normalized spacial score (nSPS) is 17.2. The van der Waals surface area contributed by atoms with Crippen LogP contribution in [-0.2, 0) is 22.6 Å². The van der Waals surface area contributed by atoms with Gasteiger partial charge in [0.2, 0.25) is 0 Å². The van der Waals surface area contributed by atoms with E-state index in [1.165, 1.54) is 12.1 Å². The fourth-order valence-electron chi connectivity index (χ4n) is 3.77. The highest BCUT2D eigenvalue weighted by atomic mass is 19.1. The lowest BCUT2D eigenvalue weighted by molar-refractivity contribution is 0.0992. The van der Waals surface area contributed by atoms with E-state index in [0.717, 1.165) is 0 Å². The Bertz CT molecular complexity index is 1050. The number of halogens is 1. The lowest BCUT2D eigenvalue weighted by Gasteiger charge is -2.15. The molecule has 2 aromatic rings. The van der Waals surface area contributed by atoms with E-state index in [-0.39, 0.29) is 23.5 Å². The first kappa shape index (κ1) is 22.7. The molecule has 1 aliphatic heterocycles. The van der Waals surface area contributed by atoms with E-state index in [1.807, 2.05) is 30.7 Å². The number of methoxy groups -OCH3 is 2. The molecule has 0 fully saturated rings. The monoisotopic (exact) mass is 428 g/mol. The highest BCUT2D eigenvalue weighted by Crippen LogP contribution is 2.26. The van der Waals surface area contributed by atoms with Gasteiger partial charge in [0.15, 0.2) is 0 Å². The van der Waals surface area contributed by atoms with E-state index in [2.05, 4.69) is 16.9 Å². The maximum Gasteiger partial charge on any atom is 0.275 e. The van der Waals surface area contributed by atoms with Crippen molar-refractivity contribution >= 4 is 5.71 Å². The lowest BCUT2D eigenvalue weighted by atomic mass is 10.0. The van der Waals surface area contributed by atoms with Crippen molar-refractivity contribution in [2.24, 2.45) is 4.99 Å². The Morgan fingerprint density at radius 2 is 2.00 bits per heavy atom. The van der Waals surface area contributed by atoms with Crippen LogP contribution >= 0.6 is 0 Å². The maximum atomic E-state index is 13.5. The van der Waals surface area contributed by atoms with Crippen LogP contribution in [0.2, 0.25) is 0 Å². The van der Waals surface area contributed by atoms with E-state index in [0.29, 0.717) is 48.0 Å². The molecule has 0 aliphatic carbocycles. The molecule has 0 saturated heterocycles. The Labute approximate surface area is 181 Å². The number of benzene rings is 1. The van der Waals surface area contributed by atoms with Crippen LogP contribution in [0.25, 0.3) is 11.1 Å². The summed E-state index contributed by atoms with van der Waals surface area (Å²) < 4.78 is 27.7. The van der Waals surface area contributed by atoms with Crippen molar-refractivity contribution in [1.29, 1.82) is 0 Å². The summed E-state index contributed by atoms with van der Waals surface area (Å²) in [6.45, 7) is 9.32. The largest absolute Gasteiger partial charge is 0.383 e. The molecule has 0 amide bonds. The molecule has 166 valence electrons. The number of fused-ring (bicyclic) bond motifs is 1. The van der Waals surface area contributed by atoms with Gasteiger partial charge in [-0.1, -0.05) is 24.8 Å². The minimum Gasteiger partial charge on any atom is -0.383 e. The molecule has 1 aromatic heterocycles. The molecular formula is C23H29FN4O3. The first-order chi connectivity index (χ1) is 14.9. The van der Waals surface area contributed by atoms with Crippen LogP contribution in [0.1, 0.15) is 19.5 Å². The Balaban J connectivity index is 2.15. The zero-order chi connectivity index (χ0) is 22.5. The first-order valence-corrected chi connectivity index (χ1v) is 10.2. The zero-order valence-corrected chi connectivity index (χ0v) is 18.4. The standard InChI is InChI=1S/C23H29FN4O3/c1-6-7-20(26-16(3)25-15(2)14-30-4)22-21(17-8-10-18(24)11-9-17)23(29)28-13-19(31-5)12-27(22)28/h6-11,15,19,25H,3,12-14H2,1-2,4-5H3/b7-6-,26-20+/t15-,19?/m0/s1. The van der Waals surface area contributed by atoms with Crippen molar-refractivity contribution in [3.05, 3.63) is 70.7 Å². The Morgan fingerprint density at radius 1 is 1.32 bits per heavy atom. The summed E-state index contributed by atoms with van der Waals surface area (Å²) in [6.07, 6.45) is 3.59. The van der Waals surface area contributed by atoms with Crippen LogP contribution in [0.4, 0.5) is 4.39 Å². The molecule has 1 aliphatic rings. The van der Waals surface area contributed by atoms with E-state index in [1.54, 1.807) is 31.0 Å². The number of hydrogen-bond acceptors (Lipinski definition) is 5. The van der Waals surface area contributed by atoms with Crippen LogP contribution in [0.15, 0.2) is 58.6 Å². The Morgan fingerprint density at radius 3 is 2.61 bits per heavy atom. The number of ether oxygens (including phenoxy) is 2. The van der Waals surface area contributed by atoms with Crippen LogP contribution in [0, 0.1) is 5.82 Å². The molecular weight excluding hydrogens is 399 g/mol. The quantitative estimate of drug-likeness (QED) is 0.624. The summed E-state index contributed by atoms with van der Waals surface area (Å²) in [7, 11) is 3.26. The SMILES string of the molecule is C=C(/N=C(\C=C/C)c1c(-c2ccc(F)cc2)c(=O)n2n1CC(OC)C2)N[C@@H](C)COC. The van der Waals surface area contributed by atoms with E-state index >= 15 is 0 Å². The molecule has 0 spiro atoms. The highest BCUT2D eigenvalue weighted by Gasteiger charge is 2.31. The molecule has 2 heterocycles. The second kappa shape index (κ2) is 9.89. The molecule has 7 nitrogen and oxygen atoms in total. The molecule has 3 rings (SSSR count). The van der Waals surface area contributed by atoms with Gasteiger partial charge in [-0.05, 0) is 37.6 Å². The summed E-state index contributed by atoms with van der Waals surface area (Å²) in [5.74, 6) is 0.0978. The predicted molar refractivity (Wildman–Crippen MR) is 120 cm³/mol. The zero-order valence-electron chi connectivity index (χ0n) is 18.4. The van der Waals surface area contributed by atoms with Crippen LogP contribution in [0.3, 0.4) is 0 Å². The van der Waals surface area contributed by atoms with Crippen molar-refractivity contribution in [3.63, 3.8) is 0 Å². The van der Waals surface area contributed by atoms with E-state index in [4.69, 9.17) is 9.47 Å². The van der Waals surface area contributed by atoms with Crippen molar-refractivity contribution < 1.29 is 13.9 Å².